The van der Waals surface area contributed by atoms with E-state index in [1.807, 2.05) is 13.8 Å². The molecule has 0 radical (unpaired) electrons. The van der Waals surface area contributed by atoms with Crippen molar-refractivity contribution in [2.24, 2.45) is 0 Å². The van der Waals surface area contributed by atoms with Gasteiger partial charge < -0.3 is 14.6 Å². The Morgan fingerprint density at radius 2 is 2.00 bits per heavy atom. The van der Waals surface area contributed by atoms with Crippen molar-refractivity contribution in [3.05, 3.63) is 0 Å². The van der Waals surface area contributed by atoms with Crippen LogP contribution in [0.1, 0.15) is 27.2 Å². The van der Waals surface area contributed by atoms with Crippen molar-refractivity contribution < 1.29 is 19.4 Å². The highest BCUT2D eigenvalue weighted by molar-refractivity contribution is 5.78. The molecule has 0 aromatic carbocycles. The molecule has 1 atom stereocenters. The molecular formula is C11H23NO4. The van der Waals surface area contributed by atoms with Gasteiger partial charge in [0.25, 0.3) is 0 Å². The van der Waals surface area contributed by atoms with Crippen LogP contribution in [0.2, 0.25) is 0 Å². The van der Waals surface area contributed by atoms with Gasteiger partial charge >= 0.3 is 5.97 Å². The number of methoxy groups -OCH3 is 1. The fourth-order valence-corrected chi connectivity index (χ4v) is 1.40. The smallest absolute Gasteiger partial charge is 0.323 e. The lowest BCUT2D eigenvalue weighted by atomic mass is 9.97. The van der Waals surface area contributed by atoms with Gasteiger partial charge in [-0.05, 0) is 27.2 Å². The van der Waals surface area contributed by atoms with Crippen LogP contribution in [0.4, 0.5) is 0 Å². The Bertz CT molecular complexity index is 208. The second-order valence-corrected chi connectivity index (χ2v) is 4.29. The van der Waals surface area contributed by atoms with Gasteiger partial charge in [0, 0.05) is 19.8 Å². The molecule has 0 spiro atoms. The molecule has 0 fully saturated rings. The van der Waals surface area contributed by atoms with E-state index >= 15 is 0 Å². The first-order chi connectivity index (χ1) is 7.42. The normalized spacial score (nSPS) is 15.1. The molecule has 0 aliphatic rings. The lowest BCUT2D eigenvalue weighted by Crippen LogP contribution is -2.53. The molecule has 0 aliphatic carbocycles. The van der Waals surface area contributed by atoms with Crippen LogP contribution in [0.3, 0.4) is 0 Å². The van der Waals surface area contributed by atoms with Crippen LogP contribution in [-0.2, 0) is 14.3 Å². The van der Waals surface area contributed by atoms with Crippen LogP contribution in [0.25, 0.3) is 0 Å². The van der Waals surface area contributed by atoms with Crippen LogP contribution in [0.5, 0.6) is 0 Å². The molecule has 2 N–H and O–H groups in total. The molecule has 96 valence electrons. The molecule has 0 aliphatic heterocycles. The third kappa shape index (κ3) is 6.05. The molecule has 0 aromatic heterocycles. The van der Waals surface area contributed by atoms with E-state index in [1.54, 1.807) is 14.0 Å². The van der Waals surface area contributed by atoms with Crippen LogP contribution in [0.15, 0.2) is 0 Å². The van der Waals surface area contributed by atoms with E-state index in [-0.39, 0.29) is 6.04 Å². The number of ether oxygens (including phenoxy) is 2. The number of nitrogens with one attached hydrogen (secondary N) is 1. The monoisotopic (exact) mass is 233 g/mol. The second kappa shape index (κ2) is 7.60. The maximum Gasteiger partial charge on any atom is 0.323 e. The summed E-state index contributed by atoms with van der Waals surface area (Å²) in [6, 6.07) is 0.125. The van der Waals surface area contributed by atoms with Crippen molar-refractivity contribution in [2.45, 2.75) is 38.8 Å². The van der Waals surface area contributed by atoms with Crippen LogP contribution < -0.4 is 5.32 Å². The Labute approximate surface area is 97.1 Å². The second-order valence-electron chi connectivity index (χ2n) is 4.29. The molecule has 5 heteroatoms. The highest BCUT2D eigenvalue weighted by Gasteiger charge is 2.32. The quantitative estimate of drug-likeness (QED) is 0.579. The van der Waals surface area contributed by atoms with Crippen LogP contribution in [0, 0.1) is 0 Å². The van der Waals surface area contributed by atoms with E-state index in [4.69, 9.17) is 14.6 Å². The van der Waals surface area contributed by atoms with Crippen molar-refractivity contribution in [1.29, 1.82) is 0 Å². The summed E-state index contributed by atoms with van der Waals surface area (Å²) in [5, 5.41) is 12.2. The Morgan fingerprint density at radius 1 is 1.38 bits per heavy atom. The topological polar surface area (TPSA) is 67.8 Å². The largest absolute Gasteiger partial charge is 0.480 e. The van der Waals surface area contributed by atoms with Crippen molar-refractivity contribution in [3.63, 3.8) is 0 Å². The number of aliphatic carboxylic acids is 1. The maximum atomic E-state index is 11.1. The molecule has 0 saturated carbocycles. The van der Waals surface area contributed by atoms with Crippen molar-refractivity contribution in [3.8, 4) is 0 Å². The minimum atomic E-state index is -0.929. The summed E-state index contributed by atoms with van der Waals surface area (Å²) in [6.45, 7) is 6.95. The number of carbonyl (C=O) groups is 1. The predicted octanol–water partition coefficient (Wildman–Crippen LogP) is 0.881. The number of carboxylic acid groups (broad SMARTS) is 1. The van der Waals surface area contributed by atoms with Crippen molar-refractivity contribution >= 4 is 5.97 Å². The summed E-state index contributed by atoms with van der Waals surface area (Å²) >= 11 is 0. The molecule has 16 heavy (non-hydrogen) atoms. The van der Waals surface area contributed by atoms with Crippen molar-refractivity contribution in [2.75, 3.05) is 26.9 Å². The first-order valence-electron chi connectivity index (χ1n) is 5.50. The zero-order valence-electron chi connectivity index (χ0n) is 10.6. The fourth-order valence-electron chi connectivity index (χ4n) is 1.40. The van der Waals surface area contributed by atoms with E-state index in [0.29, 0.717) is 26.2 Å². The zero-order valence-corrected chi connectivity index (χ0v) is 10.6. The number of hydrogen-bond donors (Lipinski definition) is 2. The molecule has 0 amide bonds. The lowest BCUT2D eigenvalue weighted by Gasteiger charge is -2.28. The summed E-state index contributed by atoms with van der Waals surface area (Å²) in [6.07, 6.45) is 0.435. The Kier molecular flexibility index (Phi) is 7.29. The molecule has 0 heterocycles. The minimum Gasteiger partial charge on any atom is -0.480 e. The van der Waals surface area contributed by atoms with E-state index in [9.17, 15) is 4.79 Å². The number of carboxylic acids is 1. The Hall–Kier alpha value is -0.650. The standard InChI is InChI=1S/C11H23NO4/c1-9(2)12-11(3,10(13)14)5-6-16-8-7-15-4/h9,12H,5-8H2,1-4H3,(H,13,14). The third-order valence-corrected chi connectivity index (χ3v) is 2.26. The molecular weight excluding hydrogens is 210 g/mol. The van der Waals surface area contributed by atoms with E-state index in [1.165, 1.54) is 0 Å². The average Bonchev–Trinajstić information content (AvgIpc) is 2.16. The fraction of sp³-hybridized carbons (Fsp3) is 0.909. The van der Waals surface area contributed by atoms with E-state index in [2.05, 4.69) is 5.32 Å². The number of rotatable bonds is 9. The number of hydrogen-bond acceptors (Lipinski definition) is 4. The maximum absolute atomic E-state index is 11.1. The molecule has 0 bridgehead atoms. The molecule has 0 saturated heterocycles. The zero-order chi connectivity index (χ0) is 12.6. The summed E-state index contributed by atoms with van der Waals surface area (Å²) < 4.78 is 10.1. The van der Waals surface area contributed by atoms with Crippen LogP contribution in [-0.4, -0.2) is 49.6 Å². The van der Waals surface area contributed by atoms with Gasteiger partial charge in [0.05, 0.1) is 13.2 Å². The van der Waals surface area contributed by atoms with Crippen molar-refractivity contribution in [1.82, 2.24) is 5.32 Å². The molecule has 0 rings (SSSR count). The van der Waals surface area contributed by atoms with Gasteiger partial charge in [0.15, 0.2) is 0 Å². The first kappa shape index (κ1) is 15.3. The van der Waals surface area contributed by atoms with Gasteiger partial charge in [-0.3, -0.25) is 10.1 Å². The highest BCUT2D eigenvalue weighted by atomic mass is 16.5. The van der Waals surface area contributed by atoms with Gasteiger partial charge in [-0.1, -0.05) is 0 Å². The van der Waals surface area contributed by atoms with Gasteiger partial charge in [0.2, 0.25) is 0 Å². The average molecular weight is 233 g/mol. The summed E-state index contributed by atoms with van der Waals surface area (Å²) in [7, 11) is 1.60. The highest BCUT2D eigenvalue weighted by Crippen LogP contribution is 2.11. The third-order valence-electron chi connectivity index (χ3n) is 2.26. The van der Waals surface area contributed by atoms with E-state index in [0.717, 1.165) is 0 Å². The van der Waals surface area contributed by atoms with E-state index < -0.39 is 11.5 Å². The first-order valence-corrected chi connectivity index (χ1v) is 5.50. The Morgan fingerprint density at radius 3 is 2.44 bits per heavy atom. The van der Waals surface area contributed by atoms with Crippen LogP contribution >= 0.6 is 0 Å². The molecule has 5 nitrogen and oxygen atoms in total. The predicted molar refractivity (Wildman–Crippen MR) is 61.6 cm³/mol. The molecule has 0 aromatic rings. The van der Waals surface area contributed by atoms with Gasteiger partial charge in [-0.25, -0.2) is 0 Å². The van der Waals surface area contributed by atoms with Gasteiger partial charge in [-0.15, -0.1) is 0 Å². The van der Waals surface area contributed by atoms with Gasteiger partial charge in [-0.2, -0.15) is 0 Å². The SMILES string of the molecule is COCCOCCC(C)(NC(C)C)C(=O)O. The lowest BCUT2D eigenvalue weighted by molar-refractivity contribution is -0.145. The summed E-state index contributed by atoms with van der Waals surface area (Å²) in [4.78, 5) is 11.1. The summed E-state index contributed by atoms with van der Waals surface area (Å²) in [5.41, 5.74) is -0.929. The Balaban J connectivity index is 3.98. The summed E-state index contributed by atoms with van der Waals surface area (Å²) in [5.74, 6) is -0.850. The minimum absolute atomic E-state index is 0.125. The van der Waals surface area contributed by atoms with Gasteiger partial charge in [0.1, 0.15) is 5.54 Å². The molecule has 1 unspecified atom stereocenters.